The molecule has 4 N–H and O–H groups in total. The summed E-state index contributed by atoms with van der Waals surface area (Å²) in [7, 11) is 0. The fraction of sp³-hybridized carbons (Fsp3) is 0.0714. The predicted octanol–water partition coefficient (Wildman–Crippen LogP) is 2.54. The number of nitrogen functional groups attached to an aromatic ring is 1. The molecule has 0 atom stereocenters. The van der Waals surface area contributed by atoms with E-state index >= 15 is 0 Å². The first-order valence-electron chi connectivity index (χ1n) is 5.53. The summed E-state index contributed by atoms with van der Waals surface area (Å²) in [5.41, 5.74) is 8.30. The van der Waals surface area contributed by atoms with Crippen LogP contribution < -0.4 is 11.1 Å². The lowest BCUT2D eigenvalue weighted by molar-refractivity contribution is 0.102. The zero-order valence-electron chi connectivity index (χ0n) is 9.97. The number of hydrogen-bond donors (Lipinski definition) is 3. The van der Waals surface area contributed by atoms with Gasteiger partial charge in [0.15, 0.2) is 0 Å². The number of aryl methyl sites for hydroxylation is 1. The molecule has 92 valence electrons. The maximum atomic E-state index is 12.0. The van der Waals surface area contributed by atoms with Crippen molar-refractivity contribution in [1.82, 2.24) is 0 Å². The number of aromatic hydroxyl groups is 1. The van der Waals surface area contributed by atoms with Crippen molar-refractivity contribution in [2.75, 3.05) is 11.1 Å². The Morgan fingerprint density at radius 2 is 2.00 bits per heavy atom. The average Bonchev–Trinajstić information content (AvgIpc) is 2.32. The molecule has 0 saturated heterocycles. The fourth-order valence-electron chi connectivity index (χ4n) is 1.60. The molecule has 0 saturated carbocycles. The number of nitrogens with one attached hydrogen (secondary N) is 1. The number of benzene rings is 2. The number of hydrogen-bond acceptors (Lipinski definition) is 3. The molecule has 2 aromatic rings. The van der Waals surface area contributed by atoms with Crippen molar-refractivity contribution in [3.63, 3.8) is 0 Å². The van der Waals surface area contributed by atoms with Crippen molar-refractivity contribution in [2.24, 2.45) is 0 Å². The number of rotatable bonds is 2. The Kier molecular flexibility index (Phi) is 3.19. The first-order valence-corrected chi connectivity index (χ1v) is 5.53. The number of carbonyl (C=O) groups excluding carboxylic acids is 1. The molecule has 2 aromatic carbocycles. The molecule has 1 amide bonds. The van der Waals surface area contributed by atoms with Gasteiger partial charge < -0.3 is 16.2 Å². The maximum absolute atomic E-state index is 12.0. The Morgan fingerprint density at radius 3 is 2.67 bits per heavy atom. The van der Waals surface area contributed by atoms with Gasteiger partial charge in [-0.25, -0.2) is 0 Å². The van der Waals surface area contributed by atoms with E-state index in [1.165, 1.54) is 6.07 Å². The number of phenolic OH excluding ortho intramolecular Hbond substituents is 1. The summed E-state index contributed by atoms with van der Waals surface area (Å²) in [5, 5.41) is 12.0. The van der Waals surface area contributed by atoms with Gasteiger partial charge >= 0.3 is 0 Å². The highest BCUT2D eigenvalue weighted by molar-refractivity contribution is 6.04. The van der Waals surface area contributed by atoms with E-state index < -0.39 is 0 Å². The van der Waals surface area contributed by atoms with E-state index in [1.54, 1.807) is 36.4 Å². The van der Waals surface area contributed by atoms with Gasteiger partial charge in [-0.2, -0.15) is 0 Å². The van der Waals surface area contributed by atoms with Gasteiger partial charge in [-0.1, -0.05) is 6.07 Å². The Bertz CT molecular complexity index is 594. The van der Waals surface area contributed by atoms with E-state index in [9.17, 15) is 9.90 Å². The first kappa shape index (κ1) is 12.0. The molecular weight excluding hydrogens is 228 g/mol. The van der Waals surface area contributed by atoms with Crippen LogP contribution in [0.5, 0.6) is 5.75 Å². The van der Waals surface area contributed by atoms with Crippen LogP contribution in [0.25, 0.3) is 0 Å². The summed E-state index contributed by atoms with van der Waals surface area (Å²) in [6, 6.07) is 11.5. The molecule has 0 aliphatic heterocycles. The summed E-state index contributed by atoms with van der Waals surface area (Å²) in [5.74, 6) is -0.120. The van der Waals surface area contributed by atoms with Crippen LogP contribution in [0.15, 0.2) is 42.5 Å². The molecule has 0 bridgehead atoms. The van der Waals surface area contributed by atoms with Crippen LogP contribution >= 0.6 is 0 Å². The Labute approximate surface area is 105 Å². The van der Waals surface area contributed by atoms with Crippen LogP contribution in [0.2, 0.25) is 0 Å². The van der Waals surface area contributed by atoms with Gasteiger partial charge in [-0.05, 0) is 42.8 Å². The van der Waals surface area contributed by atoms with Gasteiger partial charge in [0.1, 0.15) is 5.75 Å². The number of amides is 1. The summed E-state index contributed by atoms with van der Waals surface area (Å²) in [6.45, 7) is 1.85. The minimum Gasteiger partial charge on any atom is -0.508 e. The molecule has 0 heterocycles. The molecule has 0 spiro atoms. The molecular formula is C14H14N2O2. The molecule has 0 aromatic heterocycles. The van der Waals surface area contributed by atoms with E-state index in [0.717, 1.165) is 5.56 Å². The summed E-state index contributed by atoms with van der Waals surface area (Å²) >= 11 is 0. The zero-order chi connectivity index (χ0) is 13.1. The van der Waals surface area contributed by atoms with Crippen molar-refractivity contribution in [3.8, 4) is 5.75 Å². The minimum atomic E-state index is -0.233. The second-order valence-corrected chi connectivity index (χ2v) is 4.08. The highest BCUT2D eigenvalue weighted by Gasteiger charge is 2.07. The van der Waals surface area contributed by atoms with Gasteiger partial charge in [-0.3, -0.25) is 4.79 Å². The van der Waals surface area contributed by atoms with Gasteiger partial charge in [0, 0.05) is 23.0 Å². The van der Waals surface area contributed by atoms with E-state index in [2.05, 4.69) is 5.32 Å². The molecule has 2 rings (SSSR count). The molecule has 0 aliphatic carbocycles. The topological polar surface area (TPSA) is 75.3 Å². The lowest BCUT2D eigenvalue weighted by Gasteiger charge is -2.07. The quantitative estimate of drug-likeness (QED) is 0.708. The van der Waals surface area contributed by atoms with E-state index in [-0.39, 0.29) is 11.7 Å². The summed E-state index contributed by atoms with van der Waals surface area (Å²) in [4.78, 5) is 12.0. The summed E-state index contributed by atoms with van der Waals surface area (Å²) < 4.78 is 0. The zero-order valence-corrected chi connectivity index (χ0v) is 9.97. The van der Waals surface area contributed by atoms with Crippen LogP contribution in [-0.4, -0.2) is 11.0 Å². The lowest BCUT2D eigenvalue weighted by Crippen LogP contribution is -2.12. The Morgan fingerprint density at radius 1 is 1.22 bits per heavy atom. The van der Waals surface area contributed by atoms with E-state index in [0.29, 0.717) is 16.9 Å². The summed E-state index contributed by atoms with van der Waals surface area (Å²) in [6.07, 6.45) is 0. The van der Waals surface area contributed by atoms with Crippen molar-refractivity contribution in [1.29, 1.82) is 0 Å². The SMILES string of the molecule is Cc1cc(C(=O)Nc2cccc(O)c2)ccc1N. The Balaban J connectivity index is 2.19. The molecule has 0 unspecified atom stereocenters. The second kappa shape index (κ2) is 4.79. The van der Waals surface area contributed by atoms with E-state index in [4.69, 9.17) is 5.73 Å². The van der Waals surface area contributed by atoms with Crippen molar-refractivity contribution in [2.45, 2.75) is 6.92 Å². The van der Waals surface area contributed by atoms with Crippen molar-refractivity contribution < 1.29 is 9.90 Å². The van der Waals surface area contributed by atoms with Gasteiger partial charge in [0.05, 0.1) is 0 Å². The fourth-order valence-corrected chi connectivity index (χ4v) is 1.60. The van der Waals surface area contributed by atoms with Gasteiger partial charge in [-0.15, -0.1) is 0 Å². The minimum absolute atomic E-state index is 0.112. The van der Waals surface area contributed by atoms with Crippen LogP contribution in [0.4, 0.5) is 11.4 Å². The van der Waals surface area contributed by atoms with Gasteiger partial charge in [0.25, 0.3) is 5.91 Å². The molecule has 0 radical (unpaired) electrons. The van der Waals surface area contributed by atoms with Crippen LogP contribution in [0.1, 0.15) is 15.9 Å². The maximum Gasteiger partial charge on any atom is 0.255 e. The monoisotopic (exact) mass is 242 g/mol. The van der Waals surface area contributed by atoms with Crippen LogP contribution in [-0.2, 0) is 0 Å². The Hall–Kier alpha value is -2.49. The molecule has 0 aliphatic rings. The highest BCUT2D eigenvalue weighted by atomic mass is 16.3. The predicted molar refractivity (Wildman–Crippen MR) is 71.7 cm³/mol. The normalized spacial score (nSPS) is 10.1. The number of phenols is 1. The molecule has 4 nitrogen and oxygen atoms in total. The number of carbonyl (C=O) groups is 1. The third kappa shape index (κ3) is 2.60. The van der Waals surface area contributed by atoms with Crippen LogP contribution in [0, 0.1) is 6.92 Å². The van der Waals surface area contributed by atoms with E-state index in [1.807, 2.05) is 6.92 Å². The molecule has 0 fully saturated rings. The third-order valence-corrected chi connectivity index (χ3v) is 2.64. The number of anilines is 2. The highest BCUT2D eigenvalue weighted by Crippen LogP contribution is 2.18. The van der Waals surface area contributed by atoms with Crippen LogP contribution in [0.3, 0.4) is 0 Å². The lowest BCUT2D eigenvalue weighted by atomic mass is 10.1. The van der Waals surface area contributed by atoms with Crippen molar-refractivity contribution >= 4 is 17.3 Å². The second-order valence-electron chi connectivity index (χ2n) is 4.08. The third-order valence-electron chi connectivity index (χ3n) is 2.64. The molecule has 4 heteroatoms. The smallest absolute Gasteiger partial charge is 0.255 e. The average molecular weight is 242 g/mol. The standard InChI is InChI=1S/C14H14N2O2/c1-9-7-10(5-6-13(9)15)14(18)16-11-3-2-4-12(17)8-11/h2-8,17H,15H2,1H3,(H,16,18). The number of nitrogens with two attached hydrogens (primary N) is 1. The van der Waals surface area contributed by atoms with Gasteiger partial charge in [0.2, 0.25) is 0 Å². The first-order chi connectivity index (χ1) is 8.56. The largest absolute Gasteiger partial charge is 0.508 e. The molecule has 18 heavy (non-hydrogen) atoms. The van der Waals surface area contributed by atoms with Crippen molar-refractivity contribution in [3.05, 3.63) is 53.6 Å².